The van der Waals surface area contributed by atoms with Gasteiger partial charge in [-0.25, -0.2) is 0 Å². The summed E-state index contributed by atoms with van der Waals surface area (Å²) in [4.78, 5) is 0. The first-order valence-electron chi connectivity index (χ1n) is 7.01. The number of nitrogens with two attached hydrogens (primary N) is 2. The van der Waals surface area contributed by atoms with Gasteiger partial charge in [0, 0.05) is 63.7 Å². The van der Waals surface area contributed by atoms with Gasteiger partial charge in [0.2, 0.25) is 0 Å². The Labute approximate surface area is 140 Å². The number of hydrogen-bond acceptors (Lipinski definition) is 6. The third-order valence-electron chi connectivity index (χ3n) is 3.89. The summed E-state index contributed by atoms with van der Waals surface area (Å²) in [5, 5.41) is 36.2. The molecule has 8 N–H and O–H groups in total. The molecule has 6 nitrogen and oxygen atoms in total. The Balaban J connectivity index is 0. The third-order valence-corrected chi connectivity index (χ3v) is 3.89. The van der Waals surface area contributed by atoms with Crippen molar-refractivity contribution in [1.82, 2.24) is 0 Å². The molecule has 0 saturated carbocycles. The van der Waals surface area contributed by atoms with Gasteiger partial charge >= 0.3 is 0 Å². The van der Waals surface area contributed by atoms with E-state index in [1.165, 1.54) is 0 Å². The minimum Gasteiger partial charge on any atom is -0.396 e. The third kappa shape index (κ3) is 7.07. The van der Waals surface area contributed by atoms with E-state index in [4.69, 9.17) is 26.8 Å². The molecule has 0 aliphatic rings. The minimum absolute atomic E-state index is 0. The predicted octanol–water partition coefficient (Wildman–Crippen LogP) is -0.921. The van der Waals surface area contributed by atoms with Crippen molar-refractivity contribution in [3.05, 3.63) is 0 Å². The molecule has 1 unspecified atom stereocenters. The fourth-order valence-corrected chi connectivity index (χ4v) is 2.63. The van der Waals surface area contributed by atoms with Crippen molar-refractivity contribution in [3.63, 3.8) is 0 Å². The first-order chi connectivity index (χ1) is 8.99. The molecule has 0 amide bonds. The van der Waals surface area contributed by atoms with Gasteiger partial charge in [-0.1, -0.05) is 0 Å². The molecule has 7 heteroatoms. The van der Waals surface area contributed by atoms with E-state index in [0.717, 1.165) is 0 Å². The maximum Gasteiger partial charge on any atom is 0.0449 e. The van der Waals surface area contributed by atoms with E-state index in [9.17, 15) is 5.11 Å². The molecule has 0 bridgehead atoms. The summed E-state index contributed by atoms with van der Waals surface area (Å²) in [7, 11) is 0. The summed E-state index contributed by atoms with van der Waals surface area (Å²) in [5.74, 6) is 0. The van der Waals surface area contributed by atoms with Gasteiger partial charge in [0.15, 0.2) is 0 Å². The molecule has 0 fully saturated rings. The standard InChI is InChI=1S/C13H30N2O4.Zr/c14-12(4-1-8-16,5-2-9-17)13(15,7-11-19)6-3-10-18;/h16-19H,1-11,14-15H2;. The van der Waals surface area contributed by atoms with Crippen molar-refractivity contribution in [2.45, 2.75) is 56.0 Å². The van der Waals surface area contributed by atoms with Gasteiger partial charge in [-0.3, -0.25) is 0 Å². The first kappa shape index (κ1) is 22.9. The normalized spacial score (nSPS) is 14.7. The van der Waals surface area contributed by atoms with Gasteiger partial charge < -0.3 is 31.9 Å². The number of rotatable bonds is 12. The largest absolute Gasteiger partial charge is 0.396 e. The van der Waals surface area contributed by atoms with Crippen molar-refractivity contribution in [2.24, 2.45) is 11.5 Å². The fourth-order valence-electron chi connectivity index (χ4n) is 2.63. The van der Waals surface area contributed by atoms with Crippen molar-refractivity contribution >= 4 is 0 Å². The molecule has 0 spiro atoms. The van der Waals surface area contributed by atoms with Gasteiger partial charge in [0.05, 0.1) is 0 Å². The summed E-state index contributed by atoms with van der Waals surface area (Å²) in [6.45, 7) is 0.0279. The van der Waals surface area contributed by atoms with Gasteiger partial charge in [-0.2, -0.15) is 0 Å². The van der Waals surface area contributed by atoms with Crippen LogP contribution in [0.3, 0.4) is 0 Å². The van der Waals surface area contributed by atoms with E-state index in [-0.39, 0.29) is 52.6 Å². The van der Waals surface area contributed by atoms with Crippen molar-refractivity contribution in [1.29, 1.82) is 0 Å². The van der Waals surface area contributed by atoms with E-state index in [1.54, 1.807) is 0 Å². The summed E-state index contributed by atoms with van der Waals surface area (Å²) in [5.41, 5.74) is 11.3. The van der Waals surface area contributed by atoms with Crippen LogP contribution in [-0.2, 0) is 26.2 Å². The van der Waals surface area contributed by atoms with Crippen LogP contribution >= 0.6 is 0 Å². The first-order valence-corrected chi connectivity index (χ1v) is 7.01. The molecule has 0 heterocycles. The molecule has 0 rings (SSSR count). The average Bonchev–Trinajstić information content (AvgIpc) is 2.40. The zero-order valence-electron chi connectivity index (χ0n) is 12.2. The van der Waals surface area contributed by atoms with Gasteiger partial charge in [-0.05, 0) is 44.9 Å². The molecular weight excluding hydrogens is 339 g/mol. The minimum atomic E-state index is -0.797. The Bertz CT molecular complexity index is 226. The average molecular weight is 370 g/mol. The van der Waals surface area contributed by atoms with E-state index < -0.39 is 11.1 Å². The van der Waals surface area contributed by atoms with Crippen LogP contribution in [0.2, 0.25) is 0 Å². The maximum absolute atomic E-state index is 9.22. The summed E-state index contributed by atoms with van der Waals surface area (Å²) < 4.78 is 0. The summed E-state index contributed by atoms with van der Waals surface area (Å²) in [6, 6.07) is 0. The van der Waals surface area contributed by atoms with E-state index in [1.807, 2.05) is 0 Å². The molecule has 0 aliphatic heterocycles. The second kappa shape index (κ2) is 12.2. The summed E-state index contributed by atoms with van der Waals surface area (Å²) in [6.07, 6.45) is 3.51. The van der Waals surface area contributed by atoms with Crippen LogP contribution in [0.4, 0.5) is 0 Å². The van der Waals surface area contributed by atoms with Gasteiger partial charge in [-0.15, -0.1) is 0 Å². The quantitative estimate of drug-likeness (QED) is 0.263. The van der Waals surface area contributed by atoms with Crippen LogP contribution in [0, 0.1) is 0 Å². The Morgan fingerprint density at radius 3 is 1.10 bits per heavy atom. The molecule has 120 valence electrons. The Morgan fingerprint density at radius 1 is 0.550 bits per heavy atom. The topological polar surface area (TPSA) is 133 Å². The second-order valence-electron chi connectivity index (χ2n) is 5.27. The molecule has 20 heavy (non-hydrogen) atoms. The summed E-state index contributed by atoms with van der Waals surface area (Å²) >= 11 is 0. The van der Waals surface area contributed by atoms with Crippen LogP contribution in [0.15, 0.2) is 0 Å². The zero-order valence-corrected chi connectivity index (χ0v) is 14.7. The van der Waals surface area contributed by atoms with Gasteiger partial charge in [0.1, 0.15) is 0 Å². The van der Waals surface area contributed by atoms with Crippen molar-refractivity contribution < 1.29 is 46.6 Å². The molecule has 0 aromatic heterocycles. The Kier molecular flexibility index (Phi) is 14.0. The smallest absolute Gasteiger partial charge is 0.0449 e. The van der Waals surface area contributed by atoms with E-state index >= 15 is 0 Å². The van der Waals surface area contributed by atoms with E-state index in [2.05, 4.69) is 0 Å². The number of aliphatic hydroxyl groups excluding tert-OH is 4. The van der Waals surface area contributed by atoms with Crippen molar-refractivity contribution in [2.75, 3.05) is 26.4 Å². The van der Waals surface area contributed by atoms with E-state index in [0.29, 0.717) is 44.9 Å². The molecule has 1 atom stereocenters. The van der Waals surface area contributed by atoms with Crippen molar-refractivity contribution in [3.8, 4) is 0 Å². The molecule has 0 aliphatic carbocycles. The molecule has 0 radical (unpaired) electrons. The van der Waals surface area contributed by atoms with Crippen LogP contribution in [0.25, 0.3) is 0 Å². The van der Waals surface area contributed by atoms with Crippen LogP contribution in [-0.4, -0.2) is 57.9 Å². The molecule has 0 saturated heterocycles. The Morgan fingerprint density at radius 2 is 0.850 bits per heavy atom. The number of aliphatic hydroxyl groups is 4. The SMILES string of the molecule is NC(CCO)(CCCO)C(N)(CCCO)CCCO.[Zr]. The maximum atomic E-state index is 9.22. The second-order valence-corrected chi connectivity index (χ2v) is 5.27. The Hall–Kier alpha value is 0.643. The van der Waals surface area contributed by atoms with Crippen LogP contribution in [0.1, 0.15) is 44.9 Å². The zero-order chi connectivity index (χ0) is 14.8. The molecule has 0 aromatic carbocycles. The molecular formula is C13H30N2O4Zr. The predicted molar refractivity (Wildman–Crippen MR) is 74.5 cm³/mol. The monoisotopic (exact) mass is 368 g/mol. The van der Waals surface area contributed by atoms with Crippen LogP contribution < -0.4 is 11.5 Å². The van der Waals surface area contributed by atoms with Crippen LogP contribution in [0.5, 0.6) is 0 Å². The molecule has 0 aromatic rings. The fraction of sp³-hybridized carbons (Fsp3) is 1.00. The number of hydrogen-bond donors (Lipinski definition) is 6. The van der Waals surface area contributed by atoms with Gasteiger partial charge in [0.25, 0.3) is 0 Å².